The van der Waals surface area contributed by atoms with Crippen molar-refractivity contribution in [2.45, 2.75) is 6.43 Å². The molecule has 0 fully saturated rings. The topological polar surface area (TPSA) is 26.3 Å². The Labute approximate surface area is 78.3 Å². The molecule has 0 saturated heterocycles. The molecule has 5 heteroatoms. The molecule has 0 radical (unpaired) electrons. The van der Waals surface area contributed by atoms with Crippen molar-refractivity contribution in [2.24, 2.45) is 0 Å². The van der Waals surface area contributed by atoms with E-state index in [0.29, 0.717) is 0 Å². The molecular formula is C9H7F3O2. The van der Waals surface area contributed by atoms with Gasteiger partial charge in [-0.3, -0.25) is 4.79 Å². The van der Waals surface area contributed by atoms with E-state index in [1.165, 1.54) is 7.11 Å². The van der Waals surface area contributed by atoms with Gasteiger partial charge in [0.2, 0.25) is 5.78 Å². The summed E-state index contributed by atoms with van der Waals surface area (Å²) < 4.78 is 41.3. The van der Waals surface area contributed by atoms with Gasteiger partial charge in [-0.25, -0.2) is 13.2 Å². The molecular weight excluding hydrogens is 197 g/mol. The lowest BCUT2D eigenvalue weighted by Gasteiger charge is -2.04. The molecule has 1 aromatic carbocycles. The van der Waals surface area contributed by atoms with Crippen molar-refractivity contribution in [1.82, 2.24) is 0 Å². The van der Waals surface area contributed by atoms with Crippen molar-refractivity contribution >= 4 is 5.78 Å². The maximum Gasteiger partial charge on any atom is 0.300 e. The molecule has 0 spiro atoms. The average molecular weight is 204 g/mol. The number of Topliss-reactive ketones (excluding diaryl/α,β-unsaturated/α-hetero) is 1. The minimum Gasteiger partial charge on any atom is -0.494 e. The Bertz CT molecular complexity index is 350. The minimum absolute atomic E-state index is 0.225. The predicted molar refractivity (Wildman–Crippen MR) is 43.3 cm³/mol. The largest absolute Gasteiger partial charge is 0.494 e. The molecule has 1 aromatic rings. The third kappa shape index (κ3) is 2.04. The Morgan fingerprint density at radius 2 is 2.07 bits per heavy atom. The predicted octanol–water partition coefficient (Wildman–Crippen LogP) is 2.28. The van der Waals surface area contributed by atoms with Crippen LogP contribution in [0.15, 0.2) is 18.2 Å². The van der Waals surface area contributed by atoms with Gasteiger partial charge in [0, 0.05) is 5.56 Å². The van der Waals surface area contributed by atoms with Crippen LogP contribution in [-0.2, 0) is 0 Å². The number of benzene rings is 1. The summed E-state index contributed by atoms with van der Waals surface area (Å²) in [7, 11) is 1.19. The summed E-state index contributed by atoms with van der Waals surface area (Å²) in [5.74, 6) is -2.27. The van der Waals surface area contributed by atoms with Crippen LogP contribution in [0.1, 0.15) is 10.4 Å². The highest BCUT2D eigenvalue weighted by Gasteiger charge is 2.19. The molecule has 0 aliphatic rings. The van der Waals surface area contributed by atoms with Crippen molar-refractivity contribution < 1.29 is 22.7 Å². The third-order valence-corrected chi connectivity index (χ3v) is 1.63. The van der Waals surface area contributed by atoms with Gasteiger partial charge in [0.25, 0.3) is 0 Å². The number of hydrogen-bond donors (Lipinski definition) is 0. The SMILES string of the molecule is COc1cc(C(=O)C(F)F)ccc1F. The molecule has 0 aliphatic heterocycles. The summed E-state index contributed by atoms with van der Waals surface area (Å²) in [5, 5.41) is 0. The summed E-state index contributed by atoms with van der Waals surface area (Å²) in [6.07, 6.45) is -3.09. The fourth-order valence-corrected chi connectivity index (χ4v) is 0.939. The molecule has 0 unspecified atom stereocenters. The number of rotatable bonds is 3. The highest BCUT2D eigenvalue weighted by atomic mass is 19.3. The maximum atomic E-state index is 12.8. The summed E-state index contributed by atoms with van der Waals surface area (Å²) in [5.41, 5.74) is -0.266. The first-order chi connectivity index (χ1) is 6.56. The van der Waals surface area contributed by atoms with Crippen molar-refractivity contribution in [3.05, 3.63) is 29.6 Å². The molecule has 0 saturated carbocycles. The van der Waals surface area contributed by atoms with Gasteiger partial charge in [0.15, 0.2) is 11.6 Å². The van der Waals surface area contributed by atoms with E-state index in [1.54, 1.807) is 0 Å². The van der Waals surface area contributed by atoms with Crippen LogP contribution in [0.4, 0.5) is 13.2 Å². The van der Waals surface area contributed by atoms with Crippen LogP contribution >= 0.6 is 0 Å². The van der Waals surface area contributed by atoms with Gasteiger partial charge in [-0.2, -0.15) is 0 Å². The van der Waals surface area contributed by atoms with E-state index >= 15 is 0 Å². The Kier molecular flexibility index (Phi) is 3.11. The molecule has 0 heterocycles. The first-order valence-corrected chi connectivity index (χ1v) is 3.72. The molecule has 0 aromatic heterocycles. The number of carbonyl (C=O) groups is 1. The first kappa shape index (κ1) is 10.6. The number of hydrogen-bond acceptors (Lipinski definition) is 2. The van der Waals surface area contributed by atoms with Crippen LogP contribution in [0.5, 0.6) is 5.75 Å². The van der Waals surface area contributed by atoms with E-state index in [0.717, 1.165) is 18.2 Å². The number of ether oxygens (including phenoxy) is 1. The number of carbonyl (C=O) groups excluding carboxylic acids is 1. The average Bonchev–Trinajstić information content (AvgIpc) is 2.17. The molecule has 1 rings (SSSR count). The number of halogens is 3. The summed E-state index contributed by atoms with van der Waals surface area (Å²) in [4.78, 5) is 10.8. The molecule has 0 aliphatic carbocycles. The fraction of sp³-hybridized carbons (Fsp3) is 0.222. The van der Waals surface area contributed by atoms with E-state index in [1.807, 2.05) is 0 Å². The van der Waals surface area contributed by atoms with Gasteiger partial charge in [-0.15, -0.1) is 0 Å². The second-order valence-electron chi connectivity index (χ2n) is 2.51. The quantitative estimate of drug-likeness (QED) is 0.706. The molecule has 0 bridgehead atoms. The zero-order valence-corrected chi connectivity index (χ0v) is 7.26. The lowest BCUT2D eigenvalue weighted by Crippen LogP contribution is -2.10. The van der Waals surface area contributed by atoms with Crippen LogP contribution in [0, 0.1) is 5.82 Å². The standard InChI is InChI=1S/C9H7F3O2/c1-14-7-4-5(2-3-6(7)10)8(13)9(11)12/h2-4,9H,1H3. The molecule has 76 valence electrons. The third-order valence-electron chi connectivity index (χ3n) is 1.63. The molecule has 14 heavy (non-hydrogen) atoms. The zero-order chi connectivity index (χ0) is 10.7. The number of alkyl halides is 2. The Morgan fingerprint density at radius 3 is 2.57 bits per heavy atom. The smallest absolute Gasteiger partial charge is 0.300 e. The highest BCUT2D eigenvalue weighted by Crippen LogP contribution is 2.19. The second kappa shape index (κ2) is 4.13. The molecule has 0 amide bonds. The van der Waals surface area contributed by atoms with Gasteiger partial charge >= 0.3 is 6.43 Å². The normalized spacial score (nSPS) is 10.4. The van der Waals surface area contributed by atoms with E-state index in [9.17, 15) is 18.0 Å². The van der Waals surface area contributed by atoms with Crippen LogP contribution < -0.4 is 4.74 Å². The van der Waals surface area contributed by atoms with Crippen LogP contribution in [0.3, 0.4) is 0 Å². The van der Waals surface area contributed by atoms with Crippen molar-refractivity contribution in [2.75, 3.05) is 7.11 Å². The first-order valence-electron chi connectivity index (χ1n) is 3.72. The molecule has 2 nitrogen and oxygen atoms in total. The summed E-state index contributed by atoms with van der Waals surface area (Å²) in [6, 6.07) is 2.85. The van der Waals surface area contributed by atoms with E-state index in [4.69, 9.17) is 0 Å². The van der Waals surface area contributed by atoms with Gasteiger partial charge < -0.3 is 4.74 Å². The van der Waals surface area contributed by atoms with Gasteiger partial charge in [0.1, 0.15) is 0 Å². The van der Waals surface area contributed by atoms with Crippen molar-refractivity contribution in [1.29, 1.82) is 0 Å². The van der Waals surface area contributed by atoms with Crippen molar-refractivity contribution in [3.8, 4) is 5.75 Å². The lowest BCUT2D eigenvalue weighted by molar-refractivity contribution is 0.0678. The second-order valence-corrected chi connectivity index (χ2v) is 2.51. The minimum atomic E-state index is -3.09. The van der Waals surface area contributed by atoms with Gasteiger partial charge in [-0.05, 0) is 18.2 Å². The Morgan fingerprint density at radius 1 is 1.43 bits per heavy atom. The van der Waals surface area contributed by atoms with Crippen LogP contribution in [-0.4, -0.2) is 19.3 Å². The van der Waals surface area contributed by atoms with Gasteiger partial charge in [-0.1, -0.05) is 0 Å². The molecule has 0 N–H and O–H groups in total. The number of ketones is 1. The summed E-state index contributed by atoms with van der Waals surface area (Å²) in [6.45, 7) is 0. The summed E-state index contributed by atoms with van der Waals surface area (Å²) >= 11 is 0. The van der Waals surface area contributed by atoms with Crippen molar-refractivity contribution in [3.63, 3.8) is 0 Å². The fourth-order valence-electron chi connectivity index (χ4n) is 0.939. The zero-order valence-electron chi connectivity index (χ0n) is 7.26. The van der Waals surface area contributed by atoms with E-state index in [-0.39, 0.29) is 11.3 Å². The van der Waals surface area contributed by atoms with Crippen LogP contribution in [0.2, 0.25) is 0 Å². The maximum absolute atomic E-state index is 12.8. The Hall–Kier alpha value is -1.52. The van der Waals surface area contributed by atoms with E-state index < -0.39 is 18.0 Å². The number of methoxy groups -OCH3 is 1. The van der Waals surface area contributed by atoms with E-state index in [2.05, 4.69) is 4.74 Å². The highest BCUT2D eigenvalue weighted by molar-refractivity contribution is 5.98. The molecule has 0 atom stereocenters. The lowest BCUT2D eigenvalue weighted by atomic mass is 10.1. The monoisotopic (exact) mass is 204 g/mol. The Balaban J connectivity index is 3.06. The van der Waals surface area contributed by atoms with Gasteiger partial charge in [0.05, 0.1) is 7.11 Å². The van der Waals surface area contributed by atoms with Crippen LogP contribution in [0.25, 0.3) is 0 Å².